The summed E-state index contributed by atoms with van der Waals surface area (Å²) in [6.07, 6.45) is 3.34. The summed E-state index contributed by atoms with van der Waals surface area (Å²) in [5, 5.41) is 0. The Bertz CT molecular complexity index is 889. The topological polar surface area (TPSA) is 63.7 Å². The Hall–Kier alpha value is -2.60. The second-order valence-electron chi connectivity index (χ2n) is 6.38. The van der Waals surface area contributed by atoms with E-state index in [1.807, 2.05) is 50.2 Å². The van der Waals surface area contributed by atoms with E-state index < -0.39 is 10.1 Å². The van der Waals surface area contributed by atoms with Crippen molar-refractivity contribution in [2.45, 2.75) is 33.4 Å². The van der Waals surface area contributed by atoms with Crippen molar-refractivity contribution in [3.63, 3.8) is 0 Å². The smallest absolute Gasteiger partial charge is 0.308 e. The van der Waals surface area contributed by atoms with Gasteiger partial charge in [0.05, 0.1) is 5.75 Å². The first-order valence-electron chi connectivity index (χ1n) is 8.85. The van der Waals surface area contributed by atoms with Crippen molar-refractivity contribution >= 4 is 22.1 Å². The Morgan fingerprint density at radius 1 is 1.11 bits per heavy atom. The van der Waals surface area contributed by atoms with Gasteiger partial charge in [-0.1, -0.05) is 42.5 Å². The molecule has 0 heterocycles. The highest BCUT2D eigenvalue weighted by Crippen LogP contribution is 2.18. The van der Waals surface area contributed by atoms with E-state index in [2.05, 4.69) is 0 Å². The highest BCUT2D eigenvalue weighted by molar-refractivity contribution is 7.87. The zero-order valence-corrected chi connectivity index (χ0v) is 16.6. The van der Waals surface area contributed by atoms with E-state index in [4.69, 9.17) is 4.18 Å². The zero-order chi connectivity index (χ0) is 19.9. The third-order valence-corrected chi connectivity index (χ3v) is 5.11. The standard InChI is InChI=1S/C21H25NO4S/c1-4-27(24,25)26-20-12-8-11-19(15-20)16-22(17(2)3)21(23)14-13-18-9-6-5-7-10-18/h5-15,17H,4,16H2,1-3H3. The highest BCUT2D eigenvalue weighted by Gasteiger charge is 2.16. The number of hydrogen-bond donors (Lipinski definition) is 0. The van der Waals surface area contributed by atoms with E-state index in [1.54, 1.807) is 35.3 Å². The van der Waals surface area contributed by atoms with Crippen LogP contribution in [0.5, 0.6) is 5.75 Å². The lowest BCUT2D eigenvalue weighted by molar-refractivity contribution is -0.128. The minimum Gasteiger partial charge on any atom is -0.382 e. The lowest BCUT2D eigenvalue weighted by Crippen LogP contribution is -2.35. The normalized spacial score (nSPS) is 11.7. The molecule has 27 heavy (non-hydrogen) atoms. The predicted molar refractivity (Wildman–Crippen MR) is 108 cm³/mol. The maximum Gasteiger partial charge on any atom is 0.308 e. The van der Waals surface area contributed by atoms with Gasteiger partial charge in [0.15, 0.2) is 0 Å². The number of carbonyl (C=O) groups excluding carboxylic acids is 1. The van der Waals surface area contributed by atoms with Crippen LogP contribution in [0.1, 0.15) is 31.9 Å². The molecule has 6 heteroatoms. The van der Waals surface area contributed by atoms with Crippen LogP contribution in [0.15, 0.2) is 60.7 Å². The third-order valence-electron chi connectivity index (χ3n) is 3.95. The van der Waals surface area contributed by atoms with Gasteiger partial charge in [0.1, 0.15) is 5.75 Å². The molecule has 0 N–H and O–H groups in total. The molecule has 0 aliphatic rings. The molecule has 0 saturated heterocycles. The minimum atomic E-state index is -3.58. The van der Waals surface area contributed by atoms with Crippen LogP contribution in [-0.2, 0) is 21.5 Å². The number of amides is 1. The molecular formula is C21H25NO4S. The summed E-state index contributed by atoms with van der Waals surface area (Å²) in [4.78, 5) is 14.3. The average molecular weight is 388 g/mol. The zero-order valence-electron chi connectivity index (χ0n) is 15.8. The van der Waals surface area contributed by atoms with Gasteiger partial charge in [-0.25, -0.2) is 0 Å². The molecule has 144 valence electrons. The van der Waals surface area contributed by atoms with Crippen LogP contribution in [0.25, 0.3) is 6.08 Å². The Morgan fingerprint density at radius 2 is 1.81 bits per heavy atom. The fourth-order valence-corrected chi connectivity index (χ4v) is 2.96. The molecule has 2 aromatic carbocycles. The second kappa shape index (κ2) is 9.37. The van der Waals surface area contributed by atoms with E-state index in [0.29, 0.717) is 6.54 Å². The van der Waals surface area contributed by atoms with E-state index in [9.17, 15) is 13.2 Å². The van der Waals surface area contributed by atoms with Crippen molar-refractivity contribution in [2.24, 2.45) is 0 Å². The molecule has 0 spiro atoms. The molecule has 2 aromatic rings. The molecule has 1 amide bonds. The number of benzene rings is 2. The molecule has 5 nitrogen and oxygen atoms in total. The summed E-state index contributed by atoms with van der Waals surface area (Å²) in [5.74, 6) is 0.0460. The fraction of sp³-hybridized carbons (Fsp3) is 0.286. The van der Waals surface area contributed by atoms with Crippen molar-refractivity contribution in [1.29, 1.82) is 0 Å². The maximum atomic E-state index is 12.6. The molecule has 0 saturated carbocycles. The Labute approximate surface area is 161 Å². The van der Waals surface area contributed by atoms with Crippen LogP contribution in [0.3, 0.4) is 0 Å². The number of rotatable bonds is 8. The summed E-state index contributed by atoms with van der Waals surface area (Å²) in [7, 11) is -3.58. The van der Waals surface area contributed by atoms with Crippen LogP contribution >= 0.6 is 0 Å². The van der Waals surface area contributed by atoms with E-state index in [1.165, 1.54) is 6.92 Å². The first kappa shape index (κ1) is 20.7. The van der Waals surface area contributed by atoms with Gasteiger partial charge >= 0.3 is 10.1 Å². The van der Waals surface area contributed by atoms with Crippen molar-refractivity contribution in [1.82, 2.24) is 4.90 Å². The number of nitrogens with zero attached hydrogens (tertiary/aromatic N) is 1. The minimum absolute atomic E-state index is 0.0122. The Balaban J connectivity index is 2.14. The third kappa shape index (κ3) is 6.57. The van der Waals surface area contributed by atoms with Gasteiger partial charge in [0, 0.05) is 18.7 Å². The van der Waals surface area contributed by atoms with Gasteiger partial charge in [0.25, 0.3) is 0 Å². The lowest BCUT2D eigenvalue weighted by atomic mass is 10.1. The van der Waals surface area contributed by atoms with E-state index in [-0.39, 0.29) is 23.5 Å². The second-order valence-corrected chi connectivity index (χ2v) is 8.24. The molecule has 2 rings (SSSR count). The molecule has 0 aromatic heterocycles. The molecule has 0 atom stereocenters. The Morgan fingerprint density at radius 3 is 2.44 bits per heavy atom. The van der Waals surface area contributed by atoms with Gasteiger partial charge in [-0.2, -0.15) is 8.42 Å². The summed E-state index contributed by atoms with van der Waals surface area (Å²) >= 11 is 0. The largest absolute Gasteiger partial charge is 0.382 e. The maximum absolute atomic E-state index is 12.6. The van der Waals surface area contributed by atoms with E-state index >= 15 is 0 Å². The molecule has 0 fully saturated rings. The highest BCUT2D eigenvalue weighted by atomic mass is 32.2. The lowest BCUT2D eigenvalue weighted by Gasteiger charge is -2.26. The molecule has 0 bridgehead atoms. The molecule has 0 radical (unpaired) electrons. The van der Waals surface area contributed by atoms with Gasteiger partial charge in [0.2, 0.25) is 5.91 Å². The quantitative estimate of drug-likeness (QED) is 0.510. The number of carbonyl (C=O) groups is 1. The van der Waals surface area contributed by atoms with Crippen molar-refractivity contribution in [3.8, 4) is 5.75 Å². The molecular weight excluding hydrogens is 362 g/mol. The monoisotopic (exact) mass is 387 g/mol. The van der Waals surface area contributed by atoms with E-state index in [0.717, 1.165) is 11.1 Å². The van der Waals surface area contributed by atoms with Crippen LogP contribution in [0.4, 0.5) is 0 Å². The van der Waals surface area contributed by atoms with Crippen molar-refractivity contribution in [3.05, 3.63) is 71.8 Å². The average Bonchev–Trinajstić information content (AvgIpc) is 2.65. The Kier molecular flexibility index (Phi) is 7.19. The van der Waals surface area contributed by atoms with Crippen molar-refractivity contribution in [2.75, 3.05) is 5.75 Å². The summed E-state index contributed by atoms with van der Waals surface area (Å²) < 4.78 is 28.3. The van der Waals surface area contributed by atoms with Gasteiger partial charge in [-0.3, -0.25) is 4.79 Å². The first-order valence-corrected chi connectivity index (χ1v) is 10.4. The van der Waals surface area contributed by atoms with Crippen molar-refractivity contribution < 1.29 is 17.4 Å². The molecule has 0 aliphatic carbocycles. The van der Waals surface area contributed by atoms with Crippen LogP contribution in [0, 0.1) is 0 Å². The van der Waals surface area contributed by atoms with Gasteiger partial charge in [-0.05, 0) is 50.1 Å². The summed E-state index contributed by atoms with van der Waals surface area (Å²) in [5.41, 5.74) is 1.75. The van der Waals surface area contributed by atoms with Crippen LogP contribution in [-0.4, -0.2) is 31.0 Å². The van der Waals surface area contributed by atoms with Gasteiger partial charge < -0.3 is 9.08 Å². The first-order chi connectivity index (χ1) is 12.8. The molecule has 0 unspecified atom stereocenters. The SMILES string of the molecule is CCS(=O)(=O)Oc1cccc(CN(C(=O)C=Cc2ccccc2)C(C)C)c1. The number of hydrogen-bond acceptors (Lipinski definition) is 4. The van der Waals surface area contributed by atoms with Crippen LogP contribution in [0.2, 0.25) is 0 Å². The summed E-state index contributed by atoms with van der Waals surface area (Å²) in [6, 6.07) is 16.4. The fourth-order valence-electron chi connectivity index (χ4n) is 2.44. The molecule has 0 aliphatic heterocycles. The van der Waals surface area contributed by atoms with Gasteiger partial charge in [-0.15, -0.1) is 0 Å². The predicted octanol–water partition coefficient (Wildman–Crippen LogP) is 3.87. The van der Waals surface area contributed by atoms with Crippen LogP contribution < -0.4 is 4.18 Å². The summed E-state index contributed by atoms with van der Waals surface area (Å²) in [6.45, 7) is 5.77.